The number of Topliss-reactive ketones (excluding diaryl/α,β-unsaturated/α-hetero) is 1. The van der Waals surface area contributed by atoms with E-state index >= 15 is 0 Å². The molecule has 0 amide bonds. The van der Waals surface area contributed by atoms with Gasteiger partial charge >= 0.3 is 0 Å². The minimum absolute atomic E-state index is 0.165. The van der Waals surface area contributed by atoms with Crippen LogP contribution in [0.15, 0.2) is 71.9 Å². The molecule has 3 rings (SSSR count). The normalized spacial score (nSPS) is 18.8. The number of carbonyl (C=O) groups is 1. The van der Waals surface area contributed by atoms with Crippen molar-refractivity contribution in [1.29, 1.82) is 0 Å². The summed E-state index contributed by atoms with van der Waals surface area (Å²) in [6, 6.07) is 20.2. The maximum atomic E-state index is 12.8. The molecule has 0 aromatic heterocycles. The lowest BCUT2D eigenvalue weighted by Gasteiger charge is -2.21. The molecular weight excluding hydrogens is 282 g/mol. The summed E-state index contributed by atoms with van der Waals surface area (Å²) in [7, 11) is 0. The Balaban J connectivity index is 1.86. The Morgan fingerprint density at radius 2 is 1.65 bits per heavy atom. The minimum Gasteiger partial charge on any atom is -0.381 e. The first kappa shape index (κ1) is 15.5. The molecule has 1 aliphatic carbocycles. The fourth-order valence-electron chi connectivity index (χ4n) is 3.22. The van der Waals surface area contributed by atoms with E-state index in [4.69, 9.17) is 0 Å². The molecule has 118 valence electrons. The molecule has 1 aliphatic rings. The fourth-order valence-corrected chi connectivity index (χ4v) is 3.22. The monoisotopic (exact) mass is 305 g/mol. The molecule has 2 aromatic rings. The van der Waals surface area contributed by atoms with Crippen molar-refractivity contribution in [3.8, 4) is 0 Å². The lowest BCUT2D eigenvalue weighted by Crippen LogP contribution is -2.22. The summed E-state index contributed by atoms with van der Waals surface area (Å²) >= 11 is 0. The minimum atomic E-state index is 0.165. The molecule has 2 nitrogen and oxygen atoms in total. The Kier molecular flexibility index (Phi) is 4.61. The maximum absolute atomic E-state index is 12.8. The van der Waals surface area contributed by atoms with Gasteiger partial charge in [0.2, 0.25) is 0 Å². The highest BCUT2D eigenvalue weighted by atomic mass is 16.1. The Morgan fingerprint density at radius 1 is 1.04 bits per heavy atom. The van der Waals surface area contributed by atoms with Gasteiger partial charge in [0, 0.05) is 22.9 Å². The first-order valence-corrected chi connectivity index (χ1v) is 8.31. The third-order valence-electron chi connectivity index (χ3n) is 4.63. The van der Waals surface area contributed by atoms with E-state index in [1.54, 1.807) is 0 Å². The summed E-state index contributed by atoms with van der Waals surface area (Å²) in [5.74, 6) is 0.571. The third-order valence-corrected chi connectivity index (χ3v) is 4.63. The Morgan fingerprint density at radius 3 is 2.30 bits per heavy atom. The van der Waals surface area contributed by atoms with Crippen molar-refractivity contribution in [2.75, 3.05) is 0 Å². The predicted molar refractivity (Wildman–Crippen MR) is 94.2 cm³/mol. The van der Waals surface area contributed by atoms with Gasteiger partial charge in [-0.3, -0.25) is 4.79 Å². The second kappa shape index (κ2) is 6.82. The topological polar surface area (TPSA) is 29.1 Å². The van der Waals surface area contributed by atoms with Gasteiger partial charge in [0.15, 0.2) is 5.78 Å². The van der Waals surface area contributed by atoms with Crippen LogP contribution >= 0.6 is 0 Å². The molecule has 0 radical (unpaired) electrons. The quantitative estimate of drug-likeness (QED) is 0.796. The SMILES string of the molecule is C[C@H]1CCC(C(=O)c2ccccc2)=C1N[C@H](C)c1ccccc1. The van der Waals surface area contributed by atoms with Gasteiger partial charge in [-0.25, -0.2) is 0 Å². The molecule has 0 aliphatic heterocycles. The van der Waals surface area contributed by atoms with Gasteiger partial charge in [0.25, 0.3) is 0 Å². The van der Waals surface area contributed by atoms with E-state index in [2.05, 4.69) is 43.4 Å². The van der Waals surface area contributed by atoms with Crippen molar-refractivity contribution in [3.05, 3.63) is 83.1 Å². The Hall–Kier alpha value is -2.35. The van der Waals surface area contributed by atoms with Crippen molar-refractivity contribution in [3.63, 3.8) is 0 Å². The van der Waals surface area contributed by atoms with Crippen LogP contribution in [0.3, 0.4) is 0 Å². The highest BCUT2D eigenvalue weighted by Gasteiger charge is 2.28. The number of rotatable bonds is 5. The zero-order valence-corrected chi connectivity index (χ0v) is 13.8. The van der Waals surface area contributed by atoms with E-state index in [1.807, 2.05) is 36.4 Å². The summed E-state index contributed by atoms with van der Waals surface area (Å²) in [6.45, 7) is 4.35. The number of benzene rings is 2. The van der Waals surface area contributed by atoms with Crippen LogP contribution in [0.4, 0.5) is 0 Å². The molecule has 0 bridgehead atoms. The maximum Gasteiger partial charge on any atom is 0.190 e. The van der Waals surface area contributed by atoms with Crippen molar-refractivity contribution in [2.24, 2.45) is 5.92 Å². The highest BCUT2D eigenvalue weighted by molar-refractivity contribution is 6.09. The second-order valence-corrected chi connectivity index (χ2v) is 6.30. The molecular formula is C21H23NO. The summed E-state index contributed by atoms with van der Waals surface area (Å²) < 4.78 is 0. The van der Waals surface area contributed by atoms with Crippen LogP contribution in [-0.4, -0.2) is 5.78 Å². The Labute approximate surface area is 138 Å². The van der Waals surface area contributed by atoms with Crippen molar-refractivity contribution in [2.45, 2.75) is 32.7 Å². The standard InChI is InChI=1S/C21H23NO/c1-15-13-14-19(21(23)18-11-7-4-8-12-18)20(15)22-16(2)17-9-5-3-6-10-17/h3-12,15-16,22H,13-14H2,1-2H3/t15-,16+/m0/s1. The lowest BCUT2D eigenvalue weighted by atomic mass is 10.0. The van der Waals surface area contributed by atoms with E-state index in [0.717, 1.165) is 29.7 Å². The number of ketones is 1. The molecule has 23 heavy (non-hydrogen) atoms. The first-order valence-electron chi connectivity index (χ1n) is 8.31. The molecule has 0 spiro atoms. The average molecular weight is 305 g/mol. The second-order valence-electron chi connectivity index (χ2n) is 6.30. The number of carbonyl (C=O) groups excluding carboxylic acids is 1. The van der Waals surface area contributed by atoms with Crippen LogP contribution in [0.1, 0.15) is 48.7 Å². The van der Waals surface area contributed by atoms with E-state index in [0.29, 0.717) is 5.92 Å². The number of hydrogen-bond donors (Lipinski definition) is 1. The van der Waals surface area contributed by atoms with E-state index in [1.165, 1.54) is 5.56 Å². The number of nitrogens with one attached hydrogen (secondary N) is 1. The van der Waals surface area contributed by atoms with Crippen molar-refractivity contribution < 1.29 is 4.79 Å². The van der Waals surface area contributed by atoms with Crippen LogP contribution in [0.2, 0.25) is 0 Å². The molecule has 0 fully saturated rings. The first-order chi connectivity index (χ1) is 11.2. The molecule has 0 saturated carbocycles. The van der Waals surface area contributed by atoms with Gasteiger partial charge in [-0.15, -0.1) is 0 Å². The van der Waals surface area contributed by atoms with Gasteiger partial charge in [-0.05, 0) is 31.2 Å². The van der Waals surface area contributed by atoms with Crippen LogP contribution in [0, 0.1) is 5.92 Å². The van der Waals surface area contributed by atoms with Crippen LogP contribution < -0.4 is 5.32 Å². The van der Waals surface area contributed by atoms with Gasteiger partial charge in [0.05, 0.1) is 0 Å². The lowest BCUT2D eigenvalue weighted by molar-refractivity contribution is 0.103. The summed E-state index contributed by atoms with van der Waals surface area (Å²) in [5, 5.41) is 3.60. The van der Waals surface area contributed by atoms with E-state index < -0.39 is 0 Å². The van der Waals surface area contributed by atoms with Crippen molar-refractivity contribution >= 4 is 5.78 Å². The average Bonchev–Trinajstić information content (AvgIpc) is 2.96. The summed E-state index contributed by atoms with van der Waals surface area (Å²) in [4.78, 5) is 12.8. The molecule has 2 atom stereocenters. The molecule has 0 heterocycles. The van der Waals surface area contributed by atoms with Gasteiger partial charge < -0.3 is 5.32 Å². The molecule has 0 unspecified atom stereocenters. The summed E-state index contributed by atoms with van der Waals surface area (Å²) in [5.41, 5.74) is 4.09. The van der Waals surface area contributed by atoms with Crippen LogP contribution in [-0.2, 0) is 0 Å². The summed E-state index contributed by atoms with van der Waals surface area (Å²) in [6.07, 6.45) is 1.90. The van der Waals surface area contributed by atoms with E-state index in [-0.39, 0.29) is 11.8 Å². The Bertz CT molecular complexity index is 703. The van der Waals surface area contributed by atoms with E-state index in [9.17, 15) is 4.79 Å². The molecule has 2 heteroatoms. The zero-order valence-electron chi connectivity index (χ0n) is 13.8. The smallest absolute Gasteiger partial charge is 0.190 e. The zero-order chi connectivity index (χ0) is 16.2. The predicted octanol–water partition coefficient (Wildman–Crippen LogP) is 4.90. The molecule has 1 N–H and O–H groups in total. The van der Waals surface area contributed by atoms with Gasteiger partial charge in [-0.1, -0.05) is 67.6 Å². The number of allylic oxidation sites excluding steroid dienone is 2. The van der Waals surface area contributed by atoms with Gasteiger partial charge in [0.1, 0.15) is 0 Å². The van der Waals surface area contributed by atoms with Crippen molar-refractivity contribution in [1.82, 2.24) is 5.32 Å². The number of hydrogen-bond acceptors (Lipinski definition) is 2. The molecule has 0 saturated heterocycles. The highest BCUT2D eigenvalue weighted by Crippen LogP contribution is 2.33. The van der Waals surface area contributed by atoms with Crippen LogP contribution in [0.25, 0.3) is 0 Å². The largest absolute Gasteiger partial charge is 0.381 e. The third kappa shape index (κ3) is 3.37. The molecule has 2 aromatic carbocycles. The van der Waals surface area contributed by atoms with Crippen LogP contribution in [0.5, 0.6) is 0 Å². The fraction of sp³-hybridized carbons (Fsp3) is 0.286. The van der Waals surface area contributed by atoms with Gasteiger partial charge in [-0.2, -0.15) is 0 Å².